The number of nitrogens with zero attached hydrogens (tertiary/aromatic N) is 6. The molecular formula is C18H25N7O2. The Balaban J connectivity index is 1.43. The van der Waals surface area contributed by atoms with E-state index in [1.165, 1.54) is 0 Å². The van der Waals surface area contributed by atoms with E-state index in [4.69, 9.17) is 5.73 Å². The molecule has 2 aliphatic rings. The molecule has 0 saturated carbocycles. The summed E-state index contributed by atoms with van der Waals surface area (Å²) in [5.41, 5.74) is 6.11. The van der Waals surface area contributed by atoms with Gasteiger partial charge in [-0.05, 0) is 44.7 Å². The van der Waals surface area contributed by atoms with Gasteiger partial charge in [-0.15, -0.1) is 15.3 Å². The van der Waals surface area contributed by atoms with Gasteiger partial charge in [-0.3, -0.25) is 9.59 Å². The second-order valence-corrected chi connectivity index (χ2v) is 7.50. The van der Waals surface area contributed by atoms with Gasteiger partial charge in [0.15, 0.2) is 11.5 Å². The van der Waals surface area contributed by atoms with Crippen molar-refractivity contribution in [2.75, 3.05) is 31.1 Å². The Bertz CT molecular complexity index is 857. The molecule has 2 amide bonds. The van der Waals surface area contributed by atoms with Gasteiger partial charge < -0.3 is 15.5 Å². The van der Waals surface area contributed by atoms with Crippen LogP contribution >= 0.6 is 0 Å². The molecule has 2 fully saturated rings. The SMILES string of the molecule is Cc1nnc2ccc(N3CCC[C@H](C(=O)N4CCC(C(N)=O)CC4)C3)nn12. The first-order chi connectivity index (χ1) is 13.0. The molecule has 2 saturated heterocycles. The lowest BCUT2D eigenvalue weighted by Crippen LogP contribution is -2.48. The molecule has 2 N–H and O–H groups in total. The molecule has 2 aromatic heterocycles. The fourth-order valence-electron chi connectivity index (χ4n) is 4.08. The number of primary amides is 1. The molecule has 4 rings (SSSR count). The first kappa shape index (κ1) is 17.7. The van der Waals surface area contributed by atoms with E-state index in [0.29, 0.717) is 32.5 Å². The predicted molar refractivity (Wildman–Crippen MR) is 99.0 cm³/mol. The molecule has 27 heavy (non-hydrogen) atoms. The number of carbonyl (C=O) groups is 2. The minimum absolute atomic E-state index is 0.0385. The molecule has 0 aromatic carbocycles. The number of rotatable bonds is 3. The molecule has 0 unspecified atom stereocenters. The Labute approximate surface area is 157 Å². The highest BCUT2D eigenvalue weighted by molar-refractivity contribution is 5.81. The molecular weight excluding hydrogens is 346 g/mol. The Kier molecular flexibility index (Phi) is 4.67. The van der Waals surface area contributed by atoms with Crippen molar-refractivity contribution in [1.82, 2.24) is 24.7 Å². The van der Waals surface area contributed by atoms with Crippen molar-refractivity contribution >= 4 is 23.3 Å². The van der Waals surface area contributed by atoms with E-state index in [1.807, 2.05) is 24.0 Å². The van der Waals surface area contributed by atoms with Crippen LogP contribution in [0.3, 0.4) is 0 Å². The Morgan fingerprint density at radius 3 is 2.59 bits per heavy atom. The van der Waals surface area contributed by atoms with E-state index in [2.05, 4.69) is 20.2 Å². The largest absolute Gasteiger partial charge is 0.369 e. The first-order valence-electron chi connectivity index (χ1n) is 9.55. The van der Waals surface area contributed by atoms with Crippen molar-refractivity contribution in [1.29, 1.82) is 0 Å². The molecule has 2 aromatic rings. The van der Waals surface area contributed by atoms with Crippen LogP contribution in [0.15, 0.2) is 12.1 Å². The van der Waals surface area contributed by atoms with Crippen LogP contribution in [0.1, 0.15) is 31.5 Å². The average Bonchev–Trinajstić information content (AvgIpc) is 3.08. The quantitative estimate of drug-likeness (QED) is 0.835. The number of fused-ring (bicyclic) bond motifs is 1. The summed E-state index contributed by atoms with van der Waals surface area (Å²) in [6.07, 6.45) is 3.18. The monoisotopic (exact) mass is 371 g/mol. The van der Waals surface area contributed by atoms with Crippen molar-refractivity contribution in [3.8, 4) is 0 Å². The van der Waals surface area contributed by atoms with Crippen LogP contribution in [-0.2, 0) is 9.59 Å². The number of aryl methyl sites for hydroxylation is 1. The maximum absolute atomic E-state index is 13.0. The van der Waals surface area contributed by atoms with E-state index in [0.717, 1.165) is 36.7 Å². The van der Waals surface area contributed by atoms with E-state index < -0.39 is 0 Å². The maximum Gasteiger partial charge on any atom is 0.227 e. The summed E-state index contributed by atoms with van der Waals surface area (Å²) in [6, 6.07) is 3.84. The number of likely N-dealkylation sites (tertiary alicyclic amines) is 1. The highest BCUT2D eigenvalue weighted by Gasteiger charge is 2.33. The summed E-state index contributed by atoms with van der Waals surface area (Å²) in [6.45, 7) is 4.65. The zero-order valence-electron chi connectivity index (χ0n) is 15.5. The van der Waals surface area contributed by atoms with Gasteiger partial charge in [0, 0.05) is 32.1 Å². The number of aromatic nitrogens is 4. The van der Waals surface area contributed by atoms with Crippen LogP contribution in [0.2, 0.25) is 0 Å². The zero-order chi connectivity index (χ0) is 19.0. The molecule has 9 heteroatoms. The highest BCUT2D eigenvalue weighted by Crippen LogP contribution is 2.25. The van der Waals surface area contributed by atoms with Gasteiger partial charge in [0.1, 0.15) is 5.82 Å². The van der Waals surface area contributed by atoms with Crippen molar-refractivity contribution in [3.63, 3.8) is 0 Å². The van der Waals surface area contributed by atoms with Gasteiger partial charge in [-0.2, -0.15) is 4.52 Å². The highest BCUT2D eigenvalue weighted by atomic mass is 16.2. The molecule has 0 bridgehead atoms. The van der Waals surface area contributed by atoms with Crippen LogP contribution in [-0.4, -0.2) is 62.7 Å². The van der Waals surface area contributed by atoms with E-state index >= 15 is 0 Å². The zero-order valence-corrected chi connectivity index (χ0v) is 15.5. The normalized spacial score (nSPS) is 21.6. The third kappa shape index (κ3) is 3.45. The van der Waals surface area contributed by atoms with Crippen LogP contribution in [0.5, 0.6) is 0 Å². The minimum Gasteiger partial charge on any atom is -0.369 e. The minimum atomic E-state index is -0.253. The number of amides is 2. The molecule has 9 nitrogen and oxygen atoms in total. The molecule has 0 aliphatic carbocycles. The van der Waals surface area contributed by atoms with Gasteiger partial charge in [-0.1, -0.05) is 0 Å². The Morgan fingerprint density at radius 1 is 1.07 bits per heavy atom. The van der Waals surface area contributed by atoms with E-state index in [-0.39, 0.29) is 23.7 Å². The first-order valence-corrected chi connectivity index (χ1v) is 9.55. The average molecular weight is 371 g/mol. The lowest BCUT2D eigenvalue weighted by Gasteiger charge is -2.37. The number of anilines is 1. The summed E-state index contributed by atoms with van der Waals surface area (Å²) in [5, 5.41) is 12.7. The van der Waals surface area contributed by atoms with Crippen molar-refractivity contribution in [3.05, 3.63) is 18.0 Å². The van der Waals surface area contributed by atoms with Crippen molar-refractivity contribution < 1.29 is 9.59 Å². The second-order valence-electron chi connectivity index (χ2n) is 7.50. The summed E-state index contributed by atoms with van der Waals surface area (Å²) >= 11 is 0. The predicted octanol–water partition coefficient (Wildman–Crippen LogP) is 0.373. The second kappa shape index (κ2) is 7.13. The standard InChI is InChI=1S/C18H25N7O2/c1-12-20-21-15-4-5-16(22-25(12)15)24-8-2-3-14(11-24)18(27)23-9-6-13(7-10-23)17(19)26/h4-5,13-14H,2-3,6-11H2,1H3,(H2,19,26)/t14-/m0/s1. The summed E-state index contributed by atoms with van der Waals surface area (Å²) in [5.74, 6) is 1.38. The third-order valence-corrected chi connectivity index (χ3v) is 5.71. The third-order valence-electron chi connectivity index (χ3n) is 5.71. The Hall–Kier alpha value is -2.71. The summed E-state index contributed by atoms with van der Waals surface area (Å²) < 4.78 is 1.73. The van der Waals surface area contributed by atoms with Crippen LogP contribution < -0.4 is 10.6 Å². The summed E-state index contributed by atoms with van der Waals surface area (Å²) in [4.78, 5) is 28.4. The van der Waals surface area contributed by atoms with E-state index in [9.17, 15) is 9.59 Å². The van der Waals surface area contributed by atoms with Crippen LogP contribution in [0.25, 0.3) is 5.65 Å². The van der Waals surface area contributed by atoms with Gasteiger partial charge in [0.05, 0.1) is 5.92 Å². The molecule has 144 valence electrons. The van der Waals surface area contributed by atoms with Gasteiger partial charge in [-0.25, -0.2) is 0 Å². The number of carbonyl (C=O) groups excluding carboxylic acids is 2. The van der Waals surface area contributed by atoms with E-state index in [1.54, 1.807) is 4.52 Å². The van der Waals surface area contributed by atoms with Gasteiger partial charge >= 0.3 is 0 Å². The number of hydrogen-bond acceptors (Lipinski definition) is 6. The molecule has 4 heterocycles. The molecule has 1 atom stereocenters. The lowest BCUT2D eigenvalue weighted by atomic mass is 9.92. The number of piperidine rings is 2. The molecule has 2 aliphatic heterocycles. The smallest absolute Gasteiger partial charge is 0.227 e. The fraction of sp³-hybridized carbons (Fsp3) is 0.611. The fourth-order valence-corrected chi connectivity index (χ4v) is 4.08. The van der Waals surface area contributed by atoms with Crippen molar-refractivity contribution in [2.45, 2.75) is 32.6 Å². The summed E-state index contributed by atoms with van der Waals surface area (Å²) in [7, 11) is 0. The maximum atomic E-state index is 13.0. The number of nitrogens with two attached hydrogens (primary N) is 1. The van der Waals surface area contributed by atoms with Gasteiger partial charge in [0.25, 0.3) is 0 Å². The lowest BCUT2D eigenvalue weighted by molar-refractivity contribution is -0.138. The molecule has 0 radical (unpaired) electrons. The molecule has 0 spiro atoms. The number of hydrogen-bond donors (Lipinski definition) is 1. The van der Waals surface area contributed by atoms with Gasteiger partial charge in [0.2, 0.25) is 11.8 Å². The van der Waals surface area contributed by atoms with Crippen LogP contribution in [0, 0.1) is 18.8 Å². The van der Waals surface area contributed by atoms with Crippen molar-refractivity contribution in [2.24, 2.45) is 17.6 Å². The topological polar surface area (TPSA) is 110 Å². The Morgan fingerprint density at radius 2 is 1.85 bits per heavy atom. The van der Waals surface area contributed by atoms with Crippen LogP contribution in [0.4, 0.5) is 5.82 Å².